The fourth-order valence-corrected chi connectivity index (χ4v) is 3.44. The maximum atomic E-state index is 13.3. The molecule has 0 saturated heterocycles. The molecule has 3 aromatic rings. The Hall–Kier alpha value is -2.51. The van der Waals surface area contributed by atoms with Gasteiger partial charge in [0.15, 0.2) is 11.0 Å². The van der Waals surface area contributed by atoms with Crippen molar-refractivity contribution in [1.82, 2.24) is 9.97 Å². The van der Waals surface area contributed by atoms with E-state index in [0.29, 0.717) is 28.6 Å². The fourth-order valence-electron chi connectivity index (χ4n) is 2.54. The number of aromatic carboxylic acids is 1. The van der Waals surface area contributed by atoms with Crippen molar-refractivity contribution in [3.63, 3.8) is 0 Å². The number of carboxylic acids is 1. The van der Waals surface area contributed by atoms with Crippen LogP contribution in [0.25, 0.3) is 10.7 Å². The number of nitrogens with zero attached hydrogens (tertiary/aromatic N) is 2. The van der Waals surface area contributed by atoms with Crippen LogP contribution in [-0.2, 0) is 6.42 Å². The molecule has 1 aromatic carbocycles. The first-order valence-electron chi connectivity index (χ1n) is 7.82. The quantitative estimate of drug-likeness (QED) is 0.616. The number of carboxylic acid groups (broad SMARTS) is 1. The Morgan fingerprint density at radius 3 is 2.65 bits per heavy atom. The largest absolute Gasteiger partial charge is 0.478 e. The molecule has 0 saturated carbocycles. The van der Waals surface area contributed by atoms with Gasteiger partial charge in [0.2, 0.25) is 0 Å². The molecule has 0 aliphatic heterocycles. The number of nitrogens with one attached hydrogen (secondary N) is 1. The maximum absolute atomic E-state index is 13.3. The molecule has 2 heterocycles. The second-order valence-electron chi connectivity index (χ2n) is 5.54. The van der Waals surface area contributed by atoms with E-state index in [9.17, 15) is 9.18 Å². The summed E-state index contributed by atoms with van der Waals surface area (Å²) < 4.78 is 13.3. The number of thiophene rings is 1. The Labute approximate surface area is 158 Å². The van der Waals surface area contributed by atoms with Crippen molar-refractivity contribution in [2.24, 2.45) is 0 Å². The van der Waals surface area contributed by atoms with Crippen molar-refractivity contribution >= 4 is 40.4 Å². The summed E-state index contributed by atoms with van der Waals surface area (Å²) in [7, 11) is 0. The van der Waals surface area contributed by atoms with Gasteiger partial charge in [-0.3, -0.25) is 0 Å². The third kappa shape index (κ3) is 3.68. The third-order valence-corrected chi connectivity index (χ3v) is 5.01. The molecular weight excluding hydrogens is 377 g/mol. The van der Waals surface area contributed by atoms with Crippen LogP contribution in [0.3, 0.4) is 0 Å². The number of aromatic nitrogens is 2. The van der Waals surface area contributed by atoms with Crippen molar-refractivity contribution in [2.45, 2.75) is 20.3 Å². The first-order valence-corrected chi connectivity index (χ1v) is 9.01. The summed E-state index contributed by atoms with van der Waals surface area (Å²) in [6.07, 6.45) is 0.693. The number of halogens is 2. The third-order valence-electron chi connectivity index (χ3n) is 3.83. The lowest BCUT2D eigenvalue weighted by Gasteiger charge is -2.14. The molecule has 8 heteroatoms. The van der Waals surface area contributed by atoms with Crippen molar-refractivity contribution in [1.29, 1.82) is 0 Å². The molecule has 0 fully saturated rings. The van der Waals surface area contributed by atoms with E-state index in [0.717, 1.165) is 22.6 Å². The van der Waals surface area contributed by atoms with Crippen LogP contribution in [0, 0.1) is 12.1 Å². The molecule has 0 unspecified atom stereocenters. The van der Waals surface area contributed by atoms with E-state index in [1.807, 2.05) is 13.8 Å². The van der Waals surface area contributed by atoms with Crippen molar-refractivity contribution in [3.05, 3.63) is 57.3 Å². The first-order chi connectivity index (χ1) is 12.4. The minimum absolute atomic E-state index is 0.102. The van der Waals surface area contributed by atoms with E-state index >= 15 is 0 Å². The van der Waals surface area contributed by atoms with Crippen LogP contribution in [-0.4, -0.2) is 21.0 Å². The molecule has 0 aliphatic carbocycles. The summed E-state index contributed by atoms with van der Waals surface area (Å²) >= 11 is 7.18. The molecule has 0 spiro atoms. The SMILES string of the molecule is CCc1c(C)nc(-c2ccc(F)s2)nc1Nc1ccc(C(=O)O)cc1Cl. The van der Waals surface area contributed by atoms with Gasteiger partial charge < -0.3 is 10.4 Å². The van der Waals surface area contributed by atoms with Gasteiger partial charge >= 0.3 is 5.97 Å². The molecule has 26 heavy (non-hydrogen) atoms. The standard InChI is InChI=1S/C18H15ClFN3O2S/c1-3-11-9(2)21-17(14-6-7-15(20)26-14)23-16(11)22-13-5-4-10(18(24)25)8-12(13)19/h4-8H,3H2,1-2H3,(H,24,25)(H,21,22,23). The minimum atomic E-state index is -1.05. The monoisotopic (exact) mass is 391 g/mol. The highest BCUT2D eigenvalue weighted by atomic mass is 35.5. The number of rotatable bonds is 5. The zero-order valence-electron chi connectivity index (χ0n) is 14.0. The highest BCUT2D eigenvalue weighted by molar-refractivity contribution is 7.13. The number of aryl methyl sites for hydroxylation is 1. The molecule has 0 atom stereocenters. The molecule has 0 aliphatic rings. The lowest BCUT2D eigenvalue weighted by molar-refractivity contribution is 0.0697. The van der Waals surface area contributed by atoms with E-state index < -0.39 is 5.97 Å². The number of hydrogen-bond donors (Lipinski definition) is 2. The average Bonchev–Trinajstić information content (AvgIpc) is 3.02. The number of anilines is 2. The Morgan fingerprint density at radius 2 is 2.08 bits per heavy atom. The predicted molar refractivity (Wildman–Crippen MR) is 101 cm³/mol. The molecule has 134 valence electrons. The summed E-state index contributed by atoms with van der Waals surface area (Å²) in [6.45, 7) is 3.85. The van der Waals surface area contributed by atoms with Gasteiger partial charge in [-0.25, -0.2) is 14.8 Å². The second-order valence-corrected chi connectivity index (χ2v) is 6.98. The highest BCUT2D eigenvalue weighted by Gasteiger charge is 2.15. The summed E-state index contributed by atoms with van der Waals surface area (Å²) in [5.74, 6) is -0.0595. The van der Waals surface area contributed by atoms with Crippen LogP contribution in [0.1, 0.15) is 28.5 Å². The highest BCUT2D eigenvalue weighted by Crippen LogP contribution is 2.31. The molecule has 0 amide bonds. The molecule has 2 N–H and O–H groups in total. The van der Waals surface area contributed by atoms with Gasteiger partial charge in [-0.15, -0.1) is 11.3 Å². The number of hydrogen-bond acceptors (Lipinski definition) is 5. The van der Waals surface area contributed by atoms with E-state index in [4.69, 9.17) is 16.7 Å². The molecule has 3 rings (SSSR count). The molecule has 2 aromatic heterocycles. The lowest BCUT2D eigenvalue weighted by Crippen LogP contribution is -2.05. The van der Waals surface area contributed by atoms with Crippen LogP contribution < -0.4 is 5.32 Å². The predicted octanol–water partition coefficient (Wildman–Crippen LogP) is 5.31. The Bertz CT molecular complexity index is 991. The topological polar surface area (TPSA) is 75.1 Å². The zero-order chi connectivity index (χ0) is 18.8. The van der Waals surface area contributed by atoms with Crippen molar-refractivity contribution in [2.75, 3.05) is 5.32 Å². The molecular formula is C18H15ClFN3O2S. The lowest BCUT2D eigenvalue weighted by atomic mass is 10.1. The summed E-state index contributed by atoms with van der Waals surface area (Å²) in [4.78, 5) is 20.7. The summed E-state index contributed by atoms with van der Waals surface area (Å²) in [6, 6.07) is 7.44. The molecule has 0 radical (unpaired) electrons. The van der Waals surface area contributed by atoms with Gasteiger partial charge in [0, 0.05) is 11.3 Å². The van der Waals surface area contributed by atoms with Gasteiger partial charge in [-0.2, -0.15) is 4.39 Å². The fraction of sp³-hybridized carbons (Fsp3) is 0.167. The Morgan fingerprint density at radius 1 is 1.31 bits per heavy atom. The number of benzene rings is 1. The normalized spacial score (nSPS) is 10.8. The van der Waals surface area contributed by atoms with Crippen LogP contribution in [0.4, 0.5) is 15.9 Å². The Balaban J connectivity index is 2.03. The zero-order valence-corrected chi connectivity index (χ0v) is 15.6. The van der Waals surface area contributed by atoms with Gasteiger partial charge in [0.1, 0.15) is 5.82 Å². The van der Waals surface area contributed by atoms with Crippen molar-refractivity contribution < 1.29 is 14.3 Å². The van der Waals surface area contributed by atoms with E-state index in [1.165, 1.54) is 18.2 Å². The van der Waals surface area contributed by atoms with Gasteiger partial charge in [0.05, 0.1) is 21.2 Å². The van der Waals surface area contributed by atoms with Crippen LogP contribution in [0.2, 0.25) is 5.02 Å². The summed E-state index contributed by atoms with van der Waals surface area (Å²) in [5, 5.41) is 12.2. The van der Waals surface area contributed by atoms with E-state index in [1.54, 1.807) is 12.1 Å². The minimum Gasteiger partial charge on any atom is -0.478 e. The average molecular weight is 392 g/mol. The van der Waals surface area contributed by atoms with Gasteiger partial charge in [0.25, 0.3) is 0 Å². The summed E-state index contributed by atoms with van der Waals surface area (Å²) in [5.41, 5.74) is 2.33. The van der Waals surface area contributed by atoms with Crippen LogP contribution in [0.15, 0.2) is 30.3 Å². The first kappa shape index (κ1) is 18.3. The van der Waals surface area contributed by atoms with Gasteiger partial charge in [-0.1, -0.05) is 18.5 Å². The molecule has 5 nitrogen and oxygen atoms in total. The Kier molecular flexibility index (Phi) is 5.20. The van der Waals surface area contributed by atoms with E-state index in [2.05, 4.69) is 15.3 Å². The van der Waals surface area contributed by atoms with E-state index in [-0.39, 0.29) is 15.7 Å². The van der Waals surface area contributed by atoms with Gasteiger partial charge in [-0.05, 0) is 43.7 Å². The maximum Gasteiger partial charge on any atom is 0.335 e. The number of carbonyl (C=O) groups is 1. The second kappa shape index (κ2) is 7.39. The van der Waals surface area contributed by atoms with Crippen LogP contribution >= 0.6 is 22.9 Å². The molecule has 0 bridgehead atoms. The smallest absolute Gasteiger partial charge is 0.335 e. The van der Waals surface area contributed by atoms with Crippen LogP contribution in [0.5, 0.6) is 0 Å². The van der Waals surface area contributed by atoms with Crippen molar-refractivity contribution in [3.8, 4) is 10.7 Å².